The van der Waals surface area contributed by atoms with E-state index < -0.39 is 23.6 Å². The van der Waals surface area contributed by atoms with Crippen LogP contribution >= 0.6 is 11.6 Å². The number of carbonyl (C=O) groups excluding carboxylic acids is 2. The number of halogens is 4. The fraction of sp³-hybridized carbons (Fsp3) is 0.522. The third kappa shape index (κ3) is 6.28. The van der Waals surface area contributed by atoms with E-state index >= 15 is 0 Å². The number of Topliss-reactive ketones (excluding diaryl/α,β-unsaturated/α-hetero) is 1. The lowest BCUT2D eigenvalue weighted by atomic mass is 9.96. The van der Waals surface area contributed by atoms with E-state index in [-0.39, 0.29) is 49.7 Å². The third-order valence-electron chi connectivity index (χ3n) is 5.35. The first-order valence-corrected chi connectivity index (χ1v) is 11.0. The lowest BCUT2D eigenvalue weighted by molar-refractivity contribution is -0.142. The average Bonchev–Trinajstić information content (AvgIpc) is 3.05. The number of rotatable bonds is 5. The normalized spacial score (nSPS) is 15.2. The Hall–Kier alpha value is -2.55. The van der Waals surface area contributed by atoms with Gasteiger partial charge in [-0.05, 0) is 44.4 Å². The summed E-state index contributed by atoms with van der Waals surface area (Å²) in [5, 5.41) is 4.32. The molecule has 0 fully saturated rings. The summed E-state index contributed by atoms with van der Waals surface area (Å²) in [6, 6.07) is 7.10. The van der Waals surface area contributed by atoms with E-state index in [1.807, 2.05) is 19.1 Å². The summed E-state index contributed by atoms with van der Waals surface area (Å²) in [6.45, 7) is 6.60. The Bertz CT molecular complexity index is 1030. The molecule has 0 saturated carbocycles. The highest BCUT2D eigenvalue weighted by atomic mass is 35.5. The Morgan fingerprint density at radius 2 is 1.82 bits per heavy atom. The first-order valence-electron chi connectivity index (χ1n) is 10.7. The van der Waals surface area contributed by atoms with Crippen LogP contribution in [-0.4, -0.2) is 38.7 Å². The zero-order chi connectivity index (χ0) is 24.6. The zero-order valence-corrected chi connectivity index (χ0v) is 19.8. The Kier molecular flexibility index (Phi) is 7.12. The molecule has 0 bridgehead atoms. The van der Waals surface area contributed by atoms with E-state index in [0.717, 1.165) is 10.2 Å². The maximum atomic E-state index is 13.7. The van der Waals surface area contributed by atoms with E-state index in [4.69, 9.17) is 16.3 Å². The van der Waals surface area contributed by atoms with Gasteiger partial charge in [0.05, 0.1) is 13.1 Å². The number of benzene rings is 1. The summed E-state index contributed by atoms with van der Waals surface area (Å²) in [5.74, 6) is -0.350. The molecular weight excluding hydrogens is 459 g/mol. The predicted octanol–water partition coefficient (Wildman–Crippen LogP) is 5.61. The first kappa shape index (κ1) is 25.1. The maximum Gasteiger partial charge on any atom is 0.435 e. The van der Waals surface area contributed by atoms with Gasteiger partial charge in [-0.25, -0.2) is 4.79 Å². The van der Waals surface area contributed by atoms with E-state index in [2.05, 4.69) is 5.10 Å². The molecule has 10 heteroatoms. The van der Waals surface area contributed by atoms with Gasteiger partial charge in [-0.3, -0.25) is 9.48 Å². The van der Waals surface area contributed by atoms with Crippen LogP contribution in [0.1, 0.15) is 62.5 Å². The molecule has 1 aliphatic heterocycles. The summed E-state index contributed by atoms with van der Waals surface area (Å²) >= 11 is 5.89. The summed E-state index contributed by atoms with van der Waals surface area (Å²) in [6.07, 6.45) is -5.08. The largest absolute Gasteiger partial charge is 0.444 e. The number of aromatic nitrogens is 2. The van der Waals surface area contributed by atoms with Crippen molar-refractivity contribution < 1.29 is 27.5 Å². The molecule has 1 aliphatic rings. The number of fused-ring (bicyclic) bond motifs is 1. The second-order valence-electron chi connectivity index (χ2n) is 9.28. The zero-order valence-electron chi connectivity index (χ0n) is 19.0. The topological polar surface area (TPSA) is 64.4 Å². The van der Waals surface area contributed by atoms with Gasteiger partial charge < -0.3 is 9.64 Å². The van der Waals surface area contributed by atoms with Crippen molar-refractivity contribution in [2.24, 2.45) is 0 Å². The monoisotopic (exact) mass is 485 g/mol. The SMILES string of the molecule is CC(CC(=O)Cn1nc(C(F)(F)F)c2c1CCN(C(=O)OC(C)(C)C)C2)c1ccc(Cl)cc1. The minimum Gasteiger partial charge on any atom is -0.444 e. The molecule has 6 nitrogen and oxygen atoms in total. The summed E-state index contributed by atoms with van der Waals surface area (Å²) in [7, 11) is 0. The van der Waals surface area contributed by atoms with Crippen LogP contribution in [0.2, 0.25) is 5.02 Å². The van der Waals surface area contributed by atoms with Crippen molar-refractivity contribution in [2.45, 2.75) is 71.3 Å². The van der Waals surface area contributed by atoms with Crippen molar-refractivity contribution in [2.75, 3.05) is 6.54 Å². The van der Waals surface area contributed by atoms with Gasteiger partial charge >= 0.3 is 12.3 Å². The van der Waals surface area contributed by atoms with Crippen LogP contribution < -0.4 is 0 Å². The molecule has 0 radical (unpaired) electrons. The predicted molar refractivity (Wildman–Crippen MR) is 117 cm³/mol. The maximum absolute atomic E-state index is 13.7. The molecule has 2 aromatic rings. The van der Waals surface area contributed by atoms with Crippen LogP contribution in [0.4, 0.5) is 18.0 Å². The molecule has 1 aromatic carbocycles. The molecule has 2 heterocycles. The molecule has 0 aliphatic carbocycles. The van der Waals surface area contributed by atoms with Gasteiger partial charge in [0.2, 0.25) is 0 Å². The van der Waals surface area contributed by atoms with E-state index in [0.29, 0.717) is 10.7 Å². The first-order chi connectivity index (χ1) is 15.2. The molecule has 0 saturated heterocycles. The van der Waals surface area contributed by atoms with Gasteiger partial charge in [0.25, 0.3) is 0 Å². The lowest BCUT2D eigenvalue weighted by Gasteiger charge is -2.30. The van der Waals surface area contributed by atoms with E-state index in [1.54, 1.807) is 32.9 Å². The molecule has 0 spiro atoms. The molecule has 1 unspecified atom stereocenters. The highest BCUT2D eigenvalue weighted by molar-refractivity contribution is 6.30. The fourth-order valence-electron chi connectivity index (χ4n) is 3.81. The van der Waals surface area contributed by atoms with Crippen molar-refractivity contribution in [1.82, 2.24) is 14.7 Å². The number of ketones is 1. The number of nitrogens with zero attached hydrogens (tertiary/aromatic N) is 3. The Morgan fingerprint density at radius 1 is 1.18 bits per heavy atom. The highest BCUT2D eigenvalue weighted by Crippen LogP contribution is 2.35. The minimum absolute atomic E-state index is 0.0850. The van der Waals surface area contributed by atoms with Crippen LogP contribution in [-0.2, 0) is 35.2 Å². The smallest absolute Gasteiger partial charge is 0.435 e. The molecule has 1 aromatic heterocycles. The van der Waals surface area contributed by atoms with Crippen LogP contribution in [0.5, 0.6) is 0 Å². The second kappa shape index (κ2) is 9.37. The van der Waals surface area contributed by atoms with Crippen molar-refractivity contribution in [3.05, 3.63) is 51.8 Å². The molecule has 180 valence electrons. The number of hydrogen-bond donors (Lipinski definition) is 0. The van der Waals surface area contributed by atoms with E-state index in [9.17, 15) is 22.8 Å². The minimum atomic E-state index is -4.70. The Balaban J connectivity index is 1.78. The van der Waals surface area contributed by atoms with Gasteiger partial charge in [-0.15, -0.1) is 0 Å². The quantitative estimate of drug-likeness (QED) is 0.552. The fourth-order valence-corrected chi connectivity index (χ4v) is 3.94. The number of amides is 1. The van der Waals surface area contributed by atoms with E-state index in [1.165, 1.54) is 4.90 Å². The molecule has 1 atom stereocenters. The molecule has 0 N–H and O–H groups in total. The standard InChI is InChI=1S/C23H27ClF3N3O3/c1-14(15-5-7-16(24)8-6-15)11-17(31)12-30-19-9-10-29(21(32)33-22(2,3)4)13-18(19)20(28-30)23(25,26)27/h5-8,14H,9-13H2,1-4H3. The van der Waals surface area contributed by atoms with Crippen molar-refractivity contribution in [3.8, 4) is 0 Å². The van der Waals surface area contributed by atoms with Gasteiger partial charge in [0, 0.05) is 35.7 Å². The summed E-state index contributed by atoms with van der Waals surface area (Å²) < 4.78 is 47.5. The van der Waals surface area contributed by atoms with Gasteiger partial charge in [0.15, 0.2) is 11.5 Å². The number of ether oxygens (including phenoxy) is 1. The molecule has 33 heavy (non-hydrogen) atoms. The van der Waals surface area contributed by atoms with Crippen molar-refractivity contribution >= 4 is 23.5 Å². The Morgan fingerprint density at radius 3 is 2.39 bits per heavy atom. The van der Waals surface area contributed by atoms with Crippen molar-refractivity contribution in [1.29, 1.82) is 0 Å². The molecular formula is C23H27ClF3N3O3. The van der Waals surface area contributed by atoms with Gasteiger partial charge in [-0.1, -0.05) is 30.7 Å². The van der Waals surface area contributed by atoms with Crippen LogP contribution in [0, 0.1) is 0 Å². The second-order valence-corrected chi connectivity index (χ2v) is 9.71. The van der Waals surface area contributed by atoms with Crippen LogP contribution in [0.15, 0.2) is 24.3 Å². The molecule has 3 rings (SSSR count). The number of alkyl halides is 3. The van der Waals surface area contributed by atoms with Crippen LogP contribution in [0.25, 0.3) is 0 Å². The summed E-state index contributed by atoms with van der Waals surface area (Å²) in [4.78, 5) is 26.3. The van der Waals surface area contributed by atoms with Crippen molar-refractivity contribution in [3.63, 3.8) is 0 Å². The molecule has 1 amide bonds. The average molecular weight is 486 g/mol. The van der Waals surface area contributed by atoms with Gasteiger partial charge in [0.1, 0.15) is 5.60 Å². The summed E-state index contributed by atoms with van der Waals surface area (Å²) in [5.41, 5.74) is -0.668. The third-order valence-corrected chi connectivity index (χ3v) is 5.61. The Labute approximate surface area is 195 Å². The van der Waals surface area contributed by atoms with Gasteiger partial charge in [-0.2, -0.15) is 18.3 Å². The highest BCUT2D eigenvalue weighted by Gasteiger charge is 2.41. The van der Waals surface area contributed by atoms with Crippen LogP contribution in [0.3, 0.4) is 0 Å². The number of hydrogen-bond acceptors (Lipinski definition) is 4. The number of carbonyl (C=O) groups is 2. The lowest BCUT2D eigenvalue weighted by Crippen LogP contribution is -2.40.